The number of nitrogens with zero attached hydrogens (tertiary/aromatic N) is 5. The Morgan fingerprint density at radius 3 is 2.48 bits per heavy atom. The van der Waals surface area contributed by atoms with E-state index in [1.54, 1.807) is 0 Å². The first-order valence-electron chi connectivity index (χ1n) is 12.7. The van der Waals surface area contributed by atoms with Crippen LogP contribution in [0.15, 0.2) is 94.0 Å². The van der Waals surface area contributed by atoms with Gasteiger partial charge in [-0.05, 0) is 48.5 Å². The molecule has 0 saturated carbocycles. The Balaban J connectivity index is 1.32. The quantitative estimate of drug-likeness (QED) is 0.216. The molecule has 0 saturated heterocycles. The van der Waals surface area contributed by atoms with Crippen LogP contribution in [-0.4, -0.2) is 55.5 Å². The summed E-state index contributed by atoms with van der Waals surface area (Å²) >= 11 is 0. The van der Waals surface area contributed by atoms with Crippen LogP contribution in [0.2, 0.25) is 0 Å². The highest BCUT2D eigenvalue weighted by molar-refractivity contribution is 7.92. The van der Waals surface area contributed by atoms with Crippen molar-refractivity contribution in [3.05, 3.63) is 117 Å². The Kier molecular flexibility index (Phi) is 8.00. The van der Waals surface area contributed by atoms with Crippen LogP contribution < -0.4 is 21.3 Å². The van der Waals surface area contributed by atoms with Crippen molar-refractivity contribution < 1.29 is 27.5 Å². The molecule has 4 aromatic heterocycles. The highest BCUT2D eigenvalue weighted by Crippen LogP contribution is 2.19. The molecular formula is C28H22FN7O7S. The monoisotopic (exact) mass is 619 g/mol. The number of hydrogen-bond acceptors (Lipinski definition) is 9. The molecule has 0 radical (unpaired) electrons. The van der Waals surface area contributed by atoms with Crippen molar-refractivity contribution in [2.45, 2.75) is 17.5 Å². The fourth-order valence-corrected chi connectivity index (χ4v) is 5.31. The van der Waals surface area contributed by atoms with E-state index in [1.165, 1.54) is 72.8 Å². The molecule has 0 aliphatic carbocycles. The lowest BCUT2D eigenvalue weighted by atomic mass is 10.1. The molecule has 0 fully saturated rings. The molecule has 1 aromatic carbocycles. The predicted molar refractivity (Wildman–Crippen MR) is 154 cm³/mol. The van der Waals surface area contributed by atoms with E-state index in [1.807, 2.05) is 0 Å². The first-order chi connectivity index (χ1) is 21.0. The van der Waals surface area contributed by atoms with Crippen LogP contribution in [0, 0.1) is 5.82 Å². The molecule has 4 heterocycles. The Morgan fingerprint density at radius 1 is 1.02 bits per heavy atom. The molecule has 16 heteroatoms. The Hall–Kier alpha value is -5.77. The number of carboxylic acid groups (broad SMARTS) is 1. The number of anilines is 1. The zero-order chi connectivity index (χ0) is 31.6. The van der Waals surface area contributed by atoms with Gasteiger partial charge in [-0.25, -0.2) is 23.5 Å². The number of fused-ring (bicyclic) bond motifs is 1. The molecule has 3 N–H and O–H groups in total. The van der Waals surface area contributed by atoms with Crippen molar-refractivity contribution in [1.29, 1.82) is 0 Å². The lowest BCUT2D eigenvalue weighted by molar-refractivity contribution is -0.139. The summed E-state index contributed by atoms with van der Waals surface area (Å²) in [6.45, 7) is 0. The lowest BCUT2D eigenvalue weighted by Gasteiger charge is -2.15. The minimum atomic E-state index is -4.12. The largest absolute Gasteiger partial charge is 0.480 e. The average molecular weight is 620 g/mol. The van der Waals surface area contributed by atoms with Gasteiger partial charge in [0, 0.05) is 31.6 Å². The second-order valence-electron chi connectivity index (χ2n) is 9.42. The third-order valence-corrected chi connectivity index (χ3v) is 7.83. The number of halogens is 1. The summed E-state index contributed by atoms with van der Waals surface area (Å²) in [7, 11) is -2.63. The summed E-state index contributed by atoms with van der Waals surface area (Å²) in [4.78, 5) is 62.4. The van der Waals surface area contributed by atoms with Gasteiger partial charge in [0.25, 0.3) is 21.5 Å². The molecule has 1 atom stereocenters. The van der Waals surface area contributed by atoms with E-state index in [9.17, 15) is 37.1 Å². The topological polar surface area (TPSA) is 195 Å². The fraction of sp³-hybridized carbons (Fsp3) is 0.107. The van der Waals surface area contributed by atoms with Crippen molar-refractivity contribution in [3.63, 3.8) is 0 Å². The summed E-state index contributed by atoms with van der Waals surface area (Å²) in [5.74, 6) is -3.60. The summed E-state index contributed by atoms with van der Waals surface area (Å²) in [5.41, 5.74) is -1.26. The molecule has 1 amide bonds. The number of hydrogen-bond donors (Lipinski definition) is 3. The number of aromatic nitrogens is 5. The number of rotatable bonds is 9. The number of carboxylic acids is 1. The molecule has 5 aromatic rings. The Morgan fingerprint density at radius 2 is 1.82 bits per heavy atom. The smallest absolute Gasteiger partial charge is 0.335 e. The number of carbonyl (C=O) groups excluding carboxylic acids is 1. The van der Waals surface area contributed by atoms with Gasteiger partial charge >= 0.3 is 11.7 Å². The van der Waals surface area contributed by atoms with Crippen molar-refractivity contribution in [1.82, 2.24) is 29.4 Å². The molecule has 0 aliphatic heterocycles. The van der Waals surface area contributed by atoms with Crippen LogP contribution in [0.1, 0.15) is 16.1 Å². The van der Waals surface area contributed by atoms with Crippen LogP contribution in [0.25, 0.3) is 16.6 Å². The van der Waals surface area contributed by atoms with E-state index in [0.29, 0.717) is 5.52 Å². The summed E-state index contributed by atoms with van der Waals surface area (Å²) in [6.07, 6.45) is 5.00. The average Bonchev–Trinajstić information content (AvgIpc) is 3.00. The van der Waals surface area contributed by atoms with Gasteiger partial charge in [0.15, 0.2) is 5.03 Å². The molecule has 0 unspecified atom stereocenters. The SMILES string of the molecule is Cn1c(=O)n(-c2ccc(C[C@H](NC(=O)c3ccc(NS(=O)(=O)c4ccccn4)cc3F)C(=O)O)nc2)c(=O)c2ccncc21. The predicted octanol–water partition coefficient (Wildman–Crippen LogP) is 1.24. The van der Waals surface area contributed by atoms with E-state index < -0.39 is 50.6 Å². The van der Waals surface area contributed by atoms with Crippen molar-refractivity contribution in [2.24, 2.45) is 7.05 Å². The maximum Gasteiger partial charge on any atom is 0.335 e. The molecule has 0 aliphatic rings. The maximum absolute atomic E-state index is 14.8. The van der Waals surface area contributed by atoms with Crippen LogP contribution in [0.4, 0.5) is 10.1 Å². The number of aliphatic carboxylic acids is 1. The molecule has 44 heavy (non-hydrogen) atoms. The summed E-state index contributed by atoms with van der Waals surface area (Å²) in [5, 5.41) is 11.9. The number of aryl methyl sites for hydroxylation is 1. The number of pyridine rings is 3. The van der Waals surface area contributed by atoms with Gasteiger partial charge < -0.3 is 10.4 Å². The zero-order valence-corrected chi connectivity index (χ0v) is 23.5. The van der Waals surface area contributed by atoms with Crippen LogP contribution in [0.3, 0.4) is 0 Å². The number of carbonyl (C=O) groups is 2. The minimum Gasteiger partial charge on any atom is -0.480 e. The molecular weight excluding hydrogens is 597 g/mol. The molecule has 224 valence electrons. The maximum atomic E-state index is 14.8. The van der Waals surface area contributed by atoms with Gasteiger partial charge in [0.1, 0.15) is 11.9 Å². The molecule has 14 nitrogen and oxygen atoms in total. The molecule has 0 bridgehead atoms. The number of benzene rings is 1. The lowest BCUT2D eigenvalue weighted by Crippen LogP contribution is -2.42. The van der Waals surface area contributed by atoms with Gasteiger partial charge in [0.2, 0.25) is 0 Å². The fourth-order valence-electron chi connectivity index (χ4n) is 4.31. The standard InChI is InChI=1S/C28H22FN7O7S/c1-35-23-15-30-11-9-20(23)26(38)36(28(35)41)18-7-5-16(32-14-18)13-22(27(39)40)33-25(37)19-8-6-17(12-21(19)29)34-44(42,43)24-4-2-3-10-31-24/h2-12,14-15,22,34H,13H2,1H3,(H,33,37)(H,39,40)/t22-/m0/s1. The van der Waals surface area contributed by atoms with E-state index in [2.05, 4.69) is 25.0 Å². The minimum absolute atomic E-state index is 0.134. The Bertz CT molecular complexity index is 2130. The normalized spacial score (nSPS) is 12.0. The molecule has 5 rings (SSSR count). The number of sulfonamides is 1. The van der Waals surface area contributed by atoms with Gasteiger partial charge in [-0.15, -0.1) is 0 Å². The second kappa shape index (κ2) is 11.8. The van der Waals surface area contributed by atoms with Gasteiger partial charge in [-0.3, -0.25) is 28.8 Å². The second-order valence-corrected chi connectivity index (χ2v) is 11.0. The highest BCUT2D eigenvalue weighted by atomic mass is 32.2. The van der Waals surface area contributed by atoms with Crippen molar-refractivity contribution in [2.75, 3.05) is 4.72 Å². The van der Waals surface area contributed by atoms with Crippen LogP contribution in [-0.2, 0) is 28.3 Å². The van der Waals surface area contributed by atoms with Crippen molar-refractivity contribution in [3.8, 4) is 5.69 Å². The van der Waals surface area contributed by atoms with E-state index in [4.69, 9.17) is 0 Å². The number of nitrogens with one attached hydrogen (secondary N) is 2. The van der Waals surface area contributed by atoms with Crippen LogP contribution in [0.5, 0.6) is 0 Å². The van der Waals surface area contributed by atoms with E-state index in [0.717, 1.165) is 22.8 Å². The van der Waals surface area contributed by atoms with Gasteiger partial charge in [-0.2, -0.15) is 8.42 Å². The van der Waals surface area contributed by atoms with Gasteiger partial charge in [0.05, 0.1) is 40.2 Å². The summed E-state index contributed by atoms with van der Waals surface area (Å²) in [6, 6.07) is 9.90. The van der Waals surface area contributed by atoms with E-state index >= 15 is 0 Å². The van der Waals surface area contributed by atoms with Gasteiger partial charge in [-0.1, -0.05) is 6.07 Å². The van der Waals surface area contributed by atoms with E-state index in [-0.39, 0.29) is 33.9 Å². The first kappa shape index (κ1) is 29.7. The first-order valence-corrected chi connectivity index (χ1v) is 14.2. The zero-order valence-electron chi connectivity index (χ0n) is 22.7. The molecule has 0 spiro atoms. The highest BCUT2D eigenvalue weighted by Gasteiger charge is 2.24. The van der Waals surface area contributed by atoms with Crippen molar-refractivity contribution >= 4 is 38.5 Å². The number of amides is 1. The third kappa shape index (κ3) is 5.91. The van der Waals surface area contributed by atoms with Crippen LogP contribution >= 0.6 is 0 Å². The third-order valence-electron chi connectivity index (χ3n) is 6.54. The summed E-state index contributed by atoms with van der Waals surface area (Å²) < 4.78 is 44.0. The Labute approximate surface area is 247 Å².